The van der Waals surface area contributed by atoms with Crippen molar-refractivity contribution in [3.8, 4) is 0 Å². The number of fused-ring (bicyclic) bond motifs is 1. The summed E-state index contributed by atoms with van der Waals surface area (Å²) in [5, 5.41) is 6.95. The topological polar surface area (TPSA) is 67.8 Å². The van der Waals surface area contributed by atoms with E-state index in [2.05, 4.69) is 24.3 Å². The van der Waals surface area contributed by atoms with Crippen LogP contribution in [-0.2, 0) is 14.4 Å². The highest BCUT2D eigenvalue weighted by Gasteiger charge is 2.63. The highest BCUT2D eigenvalue weighted by atomic mass is 16.7. The van der Waals surface area contributed by atoms with Crippen LogP contribution in [0.3, 0.4) is 0 Å². The summed E-state index contributed by atoms with van der Waals surface area (Å²) in [5.41, 5.74) is 0.549. The molecule has 1 amide bonds. The first-order chi connectivity index (χ1) is 8.67. The number of carbonyl (C=O) groups excluding carboxylic acids is 2. The van der Waals surface area contributed by atoms with E-state index in [0.29, 0.717) is 11.8 Å². The molecule has 5 heteroatoms. The van der Waals surface area contributed by atoms with Gasteiger partial charge in [0.05, 0.1) is 11.3 Å². The van der Waals surface area contributed by atoms with Gasteiger partial charge in [-0.1, -0.05) is 19.0 Å². The average molecular weight is 266 g/mol. The highest BCUT2D eigenvalue weighted by molar-refractivity contribution is 5.97. The van der Waals surface area contributed by atoms with E-state index in [0.717, 1.165) is 18.6 Å². The minimum Gasteiger partial charge on any atom is -0.346 e. The summed E-state index contributed by atoms with van der Waals surface area (Å²) < 4.78 is 0. The third kappa shape index (κ3) is 2.51. The number of hydrogen-bond acceptors (Lipinski definition) is 4. The molecule has 0 aromatic rings. The molecule has 3 atom stereocenters. The van der Waals surface area contributed by atoms with Crippen LogP contribution in [0.5, 0.6) is 0 Å². The van der Waals surface area contributed by atoms with Gasteiger partial charge in [-0.25, -0.2) is 4.79 Å². The first-order valence-corrected chi connectivity index (χ1v) is 6.70. The molecule has 0 unspecified atom stereocenters. The highest BCUT2D eigenvalue weighted by Crippen LogP contribution is 2.65. The van der Waals surface area contributed by atoms with Crippen molar-refractivity contribution in [1.82, 2.24) is 5.32 Å². The summed E-state index contributed by atoms with van der Waals surface area (Å²) in [5.74, 6) is 0.647. The fourth-order valence-corrected chi connectivity index (χ4v) is 3.43. The van der Waals surface area contributed by atoms with Crippen molar-refractivity contribution < 1.29 is 14.4 Å². The lowest BCUT2D eigenvalue weighted by atomic mass is 9.81. The second kappa shape index (κ2) is 4.32. The fraction of sp³-hybridized carbons (Fsp3) is 0.786. The van der Waals surface area contributed by atoms with Crippen molar-refractivity contribution in [2.24, 2.45) is 22.4 Å². The Morgan fingerprint density at radius 3 is 2.42 bits per heavy atom. The van der Waals surface area contributed by atoms with Gasteiger partial charge < -0.3 is 10.2 Å². The first-order valence-electron chi connectivity index (χ1n) is 6.70. The van der Waals surface area contributed by atoms with Crippen LogP contribution < -0.4 is 5.32 Å². The normalized spacial score (nSPS) is 37.4. The van der Waals surface area contributed by atoms with E-state index < -0.39 is 11.5 Å². The van der Waals surface area contributed by atoms with Gasteiger partial charge in [0.25, 0.3) is 0 Å². The number of hydrogen-bond donors (Lipinski definition) is 1. The second-order valence-electron chi connectivity index (χ2n) is 6.58. The molecule has 0 aromatic heterocycles. The van der Waals surface area contributed by atoms with E-state index in [4.69, 9.17) is 4.84 Å². The number of oxime groups is 1. The molecule has 0 bridgehead atoms. The van der Waals surface area contributed by atoms with Crippen molar-refractivity contribution in [2.75, 3.05) is 0 Å². The molecule has 0 radical (unpaired) electrons. The van der Waals surface area contributed by atoms with Crippen molar-refractivity contribution in [1.29, 1.82) is 0 Å². The third-order valence-electron chi connectivity index (χ3n) is 4.70. The lowest BCUT2D eigenvalue weighted by Crippen LogP contribution is -2.53. The zero-order valence-corrected chi connectivity index (χ0v) is 12.2. The minimum atomic E-state index is -0.504. The molecule has 0 saturated heterocycles. The molecule has 0 spiro atoms. The van der Waals surface area contributed by atoms with Crippen molar-refractivity contribution in [3.05, 3.63) is 0 Å². The van der Waals surface area contributed by atoms with Crippen molar-refractivity contribution in [2.45, 2.75) is 53.0 Å². The largest absolute Gasteiger partial charge is 0.346 e. The van der Waals surface area contributed by atoms with Gasteiger partial charge >= 0.3 is 5.97 Å². The Kier molecular flexibility index (Phi) is 3.19. The fourth-order valence-electron chi connectivity index (χ4n) is 3.43. The van der Waals surface area contributed by atoms with Crippen molar-refractivity contribution in [3.63, 3.8) is 0 Å². The van der Waals surface area contributed by atoms with Crippen LogP contribution in [0.2, 0.25) is 0 Å². The van der Waals surface area contributed by atoms with Gasteiger partial charge in [-0.2, -0.15) is 0 Å². The molecule has 2 aliphatic rings. The average Bonchev–Trinajstić information content (AvgIpc) is 2.74. The maximum Gasteiger partial charge on any atom is 0.331 e. The molecule has 2 fully saturated rings. The molecule has 2 saturated carbocycles. The lowest BCUT2D eigenvalue weighted by molar-refractivity contribution is -0.141. The molecule has 0 aliphatic heterocycles. The van der Waals surface area contributed by atoms with Crippen LogP contribution in [0.4, 0.5) is 0 Å². The summed E-state index contributed by atoms with van der Waals surface area (Å²) >= 11 is 0. The predicted molar refractivity (Wildman–Crippen MR) is 71.4 cm³/mol. The second-order valence-corrected chi connectivity index (χ2v) is 6.58. The maximum absolute atomic E-state index is 11.4. The number of amides is 1. The first kappa shape index (κ1) is 14.0. The summed E-state index contributed by atoms with van der Waals surface area (Å²) in [6.45, 7) is 9.27. The van der Waals surface area contributed by atoms with Gasteiger partial charge in [0.1, 0.15) is 0 Å². The summed E-state index contributed by atoms with van der Waals surface area (Å²) in [7, 11) is 0. The number of carbonyl (C=O) groups is 2. The summed E-state index contributed by atoms with van der Waals surface area (Å²) in [4.78, 5) is 27.1. The Balaban J connectivity index is 2.23. The van der Waals surface area contributed by atoms with Crippen molar-refractivity contribution >= 4 is 17.6 Å². The van der Waals surface area contributed by atoms with E-state index >= 15 is 0 Å². The van der Waals surface area contributed by atoms with Gasteiger partial charge in [-0.3, -0.25) is 4.79 Å². The molecule has 0 aromatic carbocycles. The van der Waals surface area contributed by atoms with Gasteiger partial charge in [0.15, 0.2) is 0 Å². The number of nitrogens with zero attached hydrogens (tertiary/aromatic N) is 1. The van der Waals surface area contributed by atoms with E-state index in [1.54, 1.807) is 0 Å². The zero-order valence-electron chi connectivity index (χ0n) is 12.2. The summed E-state index contributed by atoms with van der Waals surface area (Å²) in [6.07, 6.45) is 1.63. The molecule has 106 valence electrons. The number of rotatable bonds is 2. The molecule has 1 N–H and O–H groups in total. The molecule has 2 rings (SSSR count). The monoisotopic (exact) mass is 266 g/mol. The van der Waals surface area contributed by atoms with Crippen LogP contribution >= 0.6 is 0 Å². The Morgan fingerprint density at radius 2 is 1.89 bits per heavy atom. The summed E-state index contributed by atoms with van der Waals surface area (Å²) in [6, 6.07) is 0. The molecular weight excluding hydrogens is 244 g/mol. The van der Waals surface area contributed by atoms with Gasteiger partial charge in [-0.05, 0) is 37.0 Å². The van der Waals surface area contributed by atoms with E-state index in [9.17, 15) is 9.59 Å². The van der Waals surface area contributed by atoms with Gasteiger partial charge in [0, 0.05) is 13.8 Å². The third-order valence-corrected chi connectivity index (χ3v) is 4.70. The Hall–Kier alpha value is -1.39. The predicted octanol–water partition coefficient (Wildman–Crippen LogP) is 1.87. The van der Waals surface area contributed by atoms with Crippen LogP contribution in [0, 0.1) is 17.3 Å². The van der Waals surface area contributed by atoms with Gasteiger partial charge in [0.2, 0.25) is 5.91 Å². The van der Waals surface area contributed by atoms with Crippen LogP contribution in [0.1, 0.15) is 47.5 Å². The van der Waals surface area contributed by atoms with Crippen LogP contribution in [0.25, 0.3) is 0 Å². The standard InChI is InChI=1S/C14H22N2O3/c1-8(17)15-14(5)7-11-10(13(11,3)4)6-12(14)16-19-9(2)18/h10-11H,6-7H2,1-5H3,(H,15,17)/b16-12+/t10-,11+,14+/m1/s1. The maximum atomic E-state index is 11.4. The quantitative estimate of drug-likeness (QED) is 0.613. The Labute approximate surface area is 113 Å². The van der Waals surface area contributed by atoms with E-state index in [1.165, 1.54) is 13.8 Å². The molecule has 19 heavy (non-hydrogen) atoms. The molecule has 0 heterocycles. The zero-order chi connectivity index (χ0) is 14.4. The van der Waals surface area contributed by atoms with Crippen LogP contribution in [0.15, 0.2) is 5.16 Å². The van der Waals surface area contributed by atoms with Gasteiger partial charge in [-0.15, -0.1) is 0 Å². The SMILES string of the molecule is CC(=O)N[C@@]1(C)C[C@H]2[C@@H](C/C1=N\OC(C)=O)C2(C)C. The minimum absolute atomic E-state index is 0.0880. The van der Waals surface area contributed by atoms with Crippen LogP contribution in [-0.4, -0.2) is 23.1 Å². The molecule has 5 nitrogen and oxygen atoms in total. The van der Waals surface area contributed by atoms with E-state index in [-0.39, 0.29) is 11.3 Å². The van der Waals surface area contributed by atoms with E-state index in [1.807, 2.05) is 6.92 Å². The Morgan fingerprint density at radius 1 is 1.26 bits per heavy atom. The smallest absolute Gasteiger partial charge is 0.331 e. The Bertz CT molecular complexity index is 456. The number of nitrogens with one attached hydrogen (secondary N) is 1. The molecular formula is C14H22N2O3. The lowest BCUT2D eigenvalue weighted by Gasteiger charge is -2.34. The molecule has 2 aliphatic carbocycles.